The van der Waals surface area contributed by atoms with Gasteiger partial charge in [0.1, 0.15) is 23.7 Å². The Labute approximate surface area is 278 Å². The number of phenolic OH excluding ortho intramolecular Hbond substituents is 2. The van der Waals surface area contributed by atoms with Crippen LogP contribution in [0.15, 0.2) is 40.1 Å². The Balaban J connectivity index is 0.000000266. The number of hydrogen-bond donors (Lipinski definition) is 11. The van der Waals surface area contributed by atoms with Crippen LogP contribution in [0.2, 0.25) is 0 Å². The van der Waals surface area contributed by atoms with Crippen LogP contribution in [0.25, 0.3) is 0 Å². The van der Waals surface area contributed by atoms with Crippen LogP contribution in [-0.4, -0.2) is 123 Å². The van der Waals surface area contributed by atoms with Gasteiger partial charge in [-0.05, 0) is 31.2 Å². The van der Waals surface area contributed by atoms with E-state index in [1.54, 1.807) is 17.1 Å². The number of aliphatic hydroxyl groups excluding tert-OH is 4. The molecular formula is C31H39FN6O11. The van der Waals surface area contributed by atoms with Gasteiger partial charge in [0, 0.05) is 50.6 Å². The molecule has 5 rings (SSSR count). The van der Waals surface area contributed by atoms with Crippen LogP contribution >= 0.6 is 0 Å². The third-order valence-corrected chi connectivity index (χ3v) is 7.76. The molecule has 0 spiro atoms. The summed E-state index contributed by atoms with van der Waals surface area (Å²) >= 11 is 0. The van der Waals surface area contributed by atoms with Crippen molar-refractivity contribution in [3.8, 4) is 11.5 Å². The largest absolute Gasteiger partial charge is 0.507 e. The molecule has 0 saturated carbocycles. The van der Waals surface area contributed by atoms with E-state index in [0.717, 1.165) is 0 Å². The Morgan fingerprint density at radius 1 is 0.755 bits per heavy atom. The van der Waals surface area contributed by atoms with E-state index in [9.17, 15) is 44.0 Å². The second-order valence-corrected chi connectivity index (χ2v) is 11.1. The molecule has 3 aromatic rings. The van der Waals surface area contributed by atoms with Crippen molar-refractivity contribution in [2.75, 3.05) is 63.1 Å². The number of aromatic nitrogens is 2. The van der Waals surface area contributed by atoms with Crippen LogP contribution in [0.5, 0.6) is 11.5 Å². The summed E-state index contributed by atoms with van der Waals surface area (Å²) < 4.78 is 18.9. The van der Waals surface area contributed by atoms with E-state index in [0.29, 0.717) is 61.4 Å². The van der Waals surface area contributed by atoms with Gasteiger partial charge in [-0.2, -0.15) is 4.39 Å². The molecule has 2 heterocycles. The molecule has 0 radical (unpaired) electrons. The van der Waals surface area contributed by atoms with Crippen LogP contribution < -0.4 is 32.5 Å². The zero-order valence-corrected chi connectivity index (χ0v) is 26.4. The van der Waals surface area contributed by atoms with E-state index in [1.807, 2.05) is 0 Å². The highest BCUT2D eigenvalue weighted by molar-refractivity contribution is 6.33. The fourth-order valence-corrected chi connectivity index (χ4v) is 5.35. The minimum atomic E-state index is -1.37. The molecule has 2 aromatic carbocycles. The maximum absolute atomic E-state index is 13.4. The lowest BCUT2D eigenvalue weighted by Crippen LogP contribution is -2.38. The summed E-state index contributed by atoms with van der Waals surface area (Å²) in [5.74, 6) is -3.03. The maximum Gasteiger partial charge on any atom is 0.330 e. The number of ether oxygens (including phenoxy) is 1. The Bertz CT molecular complexity index is 1700. The van der Waals surface area contributed by atoms with Gasteiger partial charge in [-0.15, -0.1) is 0 Å². The van der Waals surface area contributed by atoms with Gasteiger partial charge in [0.05, 0.1) is 47.8 Å². The molecule has 1 fully saturated rings. The number of anilines is 2. The van der Waals surface area contributed by atoms with Gasteiger partial charge in [-0.25, -0.2) is 4.79 Å². The molecule has 0 amide bonds. The summed E-state index contributed by atoms with van der Waals surface area (Å²) in [5.41, 5.74) is -1.38. The van der Waals surface area contributed by atoms with Gasteiger partial charge in [0.25, 0.3) is 5.56 Å². The second-order valence-electron chi connectivity index (χ2n) is 11.1. The standard InChI is InChI=1S/C22H28N4O6.C9H11FN2O5/c27-11-9-23-5-7-25-13-1-2-14(26-8-6-24-10-12-28)18-17(13)21(31)19-15(29)3-4-16(30)20(19)22(18)32;1-3-5(13)6(14)8(17-3)12-2-4(10)7(15)11-9(12)16/h1-4,23-30H,5-12H2;2-3,5-6,8,13-14H,1H3,(H,11,15,16)/t;3-,5-,6-,8-/m.1/s1. The normalized spacial score (nSPS) is 19.6. The monoisotopic (exact) mass is 690 g/mol. The number of aromatic hydroxyl groups is 2. The molecule has 266 valence electrons. The van der Waals surface area contributed by atoms with E-state index in [4.69, 9.17) is 14.9 Å². The minimum Gasteiger partial charge on any atom is -0.507 e. The third kappa shape index (κ3) is 8.14. The predicted octanol–water partition coefficient (Wildman–Crippen LogP) is -1.82. The summed E-state index contributed by atoms with van der Waals surface area (Å²) in [4.78, 5) is 50.7. The van der Waals surface area contributed by atoms with Gasteiger partial charge < -0.3 is 56.6 Å². The first-order valence-corrected chi connectivity index (χ1v) is 15.4. The predicted molar refractivity (Wildman–Crippen MR) is 173 cm³/mol. The van der Waals surface area contributed by atoms with Crippen molar-refractivity contribution in [2.45, 2.75) is 31.5 Å². The summed E-state index contributed by atoms with van der Waals surface area (Å²) in [6.45, 7) is 4.31. The lowest BCUT2D eigenvalue weighted by atomic mass is 9.81. The summed E-state index contributed by atoms with van der Waals surface area (Å²) in [6.07, 6.45) is -3.83. The number of carbonyl (C=O) groups is 2. The fraction of sp³-hybridized carbons (Fsp3) is 0.419. The molecule has 0 bridgehead atoms. The summed E-state index contributed by atoms with van der Waals surface area (Å²) in [6, 6.07) is 5.74. The number of H-pyrrole nitrogens is 1. The lowest BCUT2D eigenvalue weighted by molar-refractivity contribution is -0.0356. The number of carbonyl (C=O) groups excluding carboxylic acids is 2. The van der Waals surface area contributed by atoms with Crippen molar-refractivity contribution in [2.24, 2.45) is 0 Å². The number of benzene rings is 2. The summed E-state index contributed by atoms with van der Waals surface area (Å²) in [5, 5.41) is 69.6. The highest BCUT2D eigenvalue weighted by Gasteiger charge is 2.42. The van der Waals surface area contributed by atoms with Crippen molar-refractivity contribution in [3.63, 3.8) is 0 Å². The van der Waals surface area contributed by atoms with E-state index in [1.165, 1.54) is 19.1 Å². The molecular weight excluding hydrogens is 651 g/mol. The molecule has 4 atom stereocenters. The number of nitrogens with one attached hydrogen (secondary N) is 5. The molecule has 17 nitrogen and oxygen atoms in total. The van der Waals surface area contributed by atoms with Crippen molar-refractivity contribution < 1.29 is 49.4 Å². The Morgan fingerprint density at radius 2 is 1.24 bits per heavy atom. The topological polar surface area (TPSA) is 268 Å². The van der Waals surface area contributed by atoms with Crippen LogP contribution in [0.4, 0.5) is 15.8 Å². The molecule has 2 aliphatic rings. The molecule has 0 unspecified atom stereocenters. The average molecular weight is 691 g/mol. The number of fused-ring (bicyclic) bond motifs is 2. The van der Waals surface area contributed by atoms with Crippen molar-refractivity contribution in [3.05, 3.63) is 79.4 Å². The van der Waals surface area contributed by atoms with Crippen LogP contribution in [-0.2, 0) is 4.74 Å². The number of hydrogen-bond acceptors (Lipinski definition) is 15. The first kappa shape index (κ1) is 37.1. The Morgan fingerprint density at radius 3 is 1.67 bits per heavy atom. The fourth-order valence-electron chi connectivity index (χ4n) is 5.35. The number of phenols is 2. The number of aliphatic hydroxyl groups is 4. The van der Waals surface area contributed by atoms with E-state index >= 15 is 0 Å². The smallest absolute Gasteiger partial charge is 0.330 e. The Hall–Kier alpha value is -4.69. The number of rotatable bonds is 13. The van der Waals surface area contributed by atoms with Crippen LogP contribution in [0.3, 0.4) is 0 Å². The van der Waals surface area contributed by atoms with Crippen LogP contribution in [0.1, 0.15) is 45.0 Å². The van der Waals surface area contributed by atoms with Gasteiger partial charge >= 0.3 is 5.69 Å². The van der Waals surface area contributed by atoms with E-state index < -0.39 is 53.2 Å². The third-order valence-electron chi connectivity index (χ3n) is 7.76. The minimum absolute atomic E-state index is 0.00939. The molecule has 1 aliphatic carbocycles. The second kappa shape index (κ2) is 16.6. The molecule has 1 aromatic heterocycles. The number of aromatic amines is 1. The number of halogens is 1. The first-order chi connectivity index (χ1) is 23.4. The van der Waals surface area contributed by atoms with Crippen molar-refractivity contribution in [1.82, 2.24) is 20.2 Å². The quantitative estimate of drug-likeness (QED) is 0.0545. The number of ketones is 2. The van der Waals surface area contributed by atoms with Crippen molar-refractivity contribution in [1.29, 1.82) is 0 Å². The highest BCUT2D eigenvalue weighted by atomic mass is 19.1. The highest BCUT2D eigenvalue weighted by Crippen LogP contribution is 2.42. The molecule has 49 heavy (non-hydrogen) atoms. The average Bonchev–Trinajstić information content (AvgIpc) is 3.33. The van der Waals surface area contributed by atoms with Crippen molar-refractivity contribution >= 4 is 22.9 Å². The first-order valence-electron chi connectivity index (χ1n) is 15.4. The van der Waals surface area contributed by atoms with Crippen LogP contribution in [0, 0.1) is 5.82 Å². The SMILES string of the molecule is C[C@H]1O[C@@H](n2cc(F)c(=O)[nH]c2=O)[C@H](O)[C@@H]1O.O=C1c2c(O)ccc(O)c2C(=O)c2c(NCCNCCO)ccc(NCCNCCO)c21. The molecule has 11 N–H and O–H groups in total. The van der Waals surface area contributed by atoms with E-state index in [-0.39, 0.29) is 47.0 Å². The van der Waals surface area contributed by atoms with Gasteiger partial charge in [0.2, 0.25) is 17.4 Å². The van der Waals surface area contributed by atoms with Gasteiger partial charge in [-0.3, -0.25) is 23.9 Å². The summed E-state index contributed by atoms with van der Waals surface area (Å²) in [7, 11) is 0. The zero-order valence-electron chi connectivity index (χ0n) is 26.4. The molecule has 1 aliphatic heterocycles. The van der Waals surface area contributed by atoms with Gasteiger partial charge in [0.15, 0.2) is 6.23 Å². The number of nitrogens with zero attached hydrogens (tertiary/aromatic N) is 1. The zero-order chi connectivity index (χ0) is 35.8. The molecule has 1 saturated heterocycles. The lowest BCUT2D eigenvalue weighted by Gasteiger charge is -2.25. The van der Waals surface area contributed by atoms with Gasteiger partial charge in [-0.1, -0.05) is 0 Å². The molecule has 18 heteroatoms. The Kier molecular flexibility index (Phi) is 12.6. The maximum atomic E-state index is 13.4. The van der Waals surface area contributed by atoms with E-state index in [2.05, 4.69) is 21.3 Å².